The Kier molecular flexibility index (Phi) is 51.7. The average molecular weight is 1080 g/mol. The molecule has 0 aliphatic heterocycles. The zero-order valence-electron chi connectivity index (χ0n) is 49.2. The SMILES string of the molecule is CC\C=C/C=C/C=C/C=C\C=C\C=C\CCCCCC(=O)OC(/C=C\CCCCCCCCCCCC)C(COP(=O)(O)OCC[N+](C)(C)C)NC(=O)CCCCCCC/C=C\C/C=C\C/C=C\C/C=C\CCCCC. The maximum Gasteiger partial charge on any atom is 0.472 e. The fourth-order valence-electron chi connectivity index (χ4n) is 7.84. The smallest absolute Gasteiger partial charge is 0.456 e. The largest absolute Gasteiger partial charge is 0.472 e. The van der Waals surface area contributed by atoms with Crippen LogP contribution in [0.1, 0.15) is 220 Å². The minimum atomic E-state index is -4.47. The van der Waals surface area contributed by atoms with Crippen LogP contribution in [-0.4, -0.2) is 74.3 Å². The minimum Gasteiger partial charge on any atom is -0.456 e. The Morgan fingerprint density at radius 3 is 1.42 bits per heavy atom. The van der Waals surface area contributed by atoms with E-state index >= 15 is 0 Å². The van der Waals surface area contributed by atoms with Gasteiger partial charge in [-0.05, 0) is 96.0 Å². The molecule has 2 N–H and O–H groups in total. The van der Waals surface area contributed by atoms with Crippen LogP contribution in [0.3, 0.4) is 0 Å². The Bertz CT molecular complexity index is 1760. The number of likely N-dealkylation sites (N-methyl/N-ethyl adjacent to an activating group) is 1. The molecule has 10 heteroatoms. The molecule has 0 heterocycles. The van der Waals surface area contributed by atoms with Gasteiger partial charge in [0.15, 0.2) is 0 Å². The molecule has 9 nitrogen and oxygen atoms in total. The van der Waals surface area contributed by atoms with Crippen LogP contribution in [0.15, 0.2) is 134 Å². The Balaban J connectivity index is 5.42. The van der Waals surface area contributed by atoms with Gasteiger partial charge in [0.05, 0.1) is 33.8 Å². The van der Waals surface area contributed by atoms with Crippen LogP contribution >= 0.6 is 7.82 Å². The number of hydrogen-bond donors (Lipinski definition) is 2. The third-order valence-electron chi connectivity index (χ3n) is 12.5. The summed E-state index contributed by atoms with van der Waals surface area (Å²) in [5.41, 5.74) is 0. The number of esters is 1. The number of unbranched alkanes of at least 4 members (excludes halogenated alkanes) is 21. The van der Waals surface area contributed by atoms with E-state index in [9.17, 15) is 19.0 Å². The van der Waals surface area contributed by atoms with Crippen LogP contribution in [0, 0.1) is 0 Å². The fraction of sp³-hybridized carbons (Fsp3) is 0.636. The van der Waals surface area contributed by atoms with Crippen molar-refractivity contribution < 1.29 is 37.3 Å². The molecule has 0 aromatic carbocycles. The molecule has 76 heavy (non-hydrogen) atoms. The monoisotopic (exact) mass is 1080 g/mol. The molecule has 0 aliphatic carbocycles. The second kappa shape index (κ2) is 54.5. The van der Waals surface area contributed by atoms with E-state index in [4.69, 9.17) is 13.8 Å². The highest BCUT2D eigenvalue weighted by Crippen LogP contribution is 2.43. The highest BCUT2D eigenvalue weighted by Gasteiger charge is 2.30. The molecule has 0 saturated carbocycles. The lowest BCUT2D eigenvalue weighted by Crippen LogP contribution is -2.47. The predicted molar refractivity (Wildman–Crippen MR) is 327 cm³/mol. The van der Waals surface area contributed by atoms with Crippen LogP contribution in [0.5, 0.6) is 0 Å². The number of amides is 1. The van der Waals surface area contributed by atoms with E-state index in [1.54, 1.807) is 0 Å². The van der Waals surface area contributed by atoms with Crippen molar-refractivity contribution in [3.05, 3.63) is 134 Å². The highest BCUT2D eigenvalue weighted by molar-refractivity contribution is 7.47. The van der Waals surface area contributed by atoms with Crippen molar-refractivity contribution in [2.75, 3.05) is 40.9 Å². The molecular weight excluding hydrogens is 964 g/mol. The summed E-state index contributed by atoms with van der Waals surface area (Å²) in [5, 5.41) is 3.03. The third-order valence-corrected chi connectivity index (χ3v) is 13.5. The molecule has 0 saturated heterocycles. The van der Waals surface area contributed by atoms with E-state index in [1.807, 2.05) is 94.1 Å². The number of carbonyl (C=O) groups excluding carboxylic acids is 2. The van der Waals surface area contributed by atoms with Gasteiger partial charge in [-0.25, -0.2) is 4.57 Å². The molecule has 0 radical (unpaired) electrons. The van der Waals surface area contributed by atoms with Crippen molar-refractivity contribution in [2.45, 2.75) is 232 Å². The average Bonchev–Trinajstić information content (AvgIpc) is 3.38. The molecule has 0 bridgehead atoms. The van der Waals surface area contributed by atoms with Crippen LogP contribution in [0.4, 0.5) is 0 Å². The number of allylic oxidation sites excluding steroid dienone is 21. The van der Waals surface area contributed by atoms with Crippen molar-refractivity contribution in [2.24, 2.45) is 0 Å². The summed E-state index contributed by atoms with van der Waals surface area (Å²) in [4.78, 5) is 37.7. The number of phosphoric acid groups is 1. The quantitative estimate of drug-likeness (QED) is 0.0156. The van der Waals surface area contributed by atoms with Gasteiger partial charge in [-0.3, -0.25) is 18.6 Å². The molecule has 0 rings (SSSR count). The van der Waals surface area contributed by atoms with E-state index in [2.05, 4.69) is 86.8 Å². The lowest BCUT2D eigenvalue weighted by Gasteiger charge is -2.27. The van der Waals surface area contributed by atoms with Gasteiger partial charge in [-0.15, -0.1) is 0 Å². The normalized spacial score (nSPS) is 14.7. The van der Waals surface area contributed by atoms with Gasteiger partial charge >= 0.3 is 13.8 Å². The van der Waals surface area contributed by atoms with Gasteiger partial charge in [0.25, 0.3) is 0 Å². The minimum absolute atomic E-state index is 0.0205. The maximum absolute atomic E-state index is 13.5. The lowest BCUT2D eigenvalue weighted by atomic mass is 10.0. The molecule has 0 spiro atoms. The molecule has 0 fully saturated rings. The summed E-state index contributed by atoms with van der Waals surface area (Å²) in [6, 6.07) is -0.887. The number of carbonyl (C=O) groups is 2. The summed E-state index contributed by atoms with van der Waals surface area (Å²) < 4.78 is 30.6. The maximum atomic E-state index is 13.5. The van der Waals surface area contributed by atoms with Gasteiger partial charge in [0.2, 0.25) is 5.91 Å². The molecule has 0 aromatic heterocycles. The fourth-order valence-corrected chi connectivity index (χ4v) is 8.57. The first-order valence-corrected chi connectivity index (χ1v) is 31.6. The Morgan fingerprint density at radius 1 is 0.487 bits per heavy atom. The van der Waals surface area contributed by atoms with E-state index in [1.165, 1.54) is 77.0 Å². The van der Waals surface area contributed by atoms with E-state index < -0.39 is 20.0 Å². The van der Waals surface area contributed by atoms with Gasteiger partial charge in [-0.1, -0.05) is 245 Å². The number of phosphoric ester groups is 1. The van der Waals surface area contributed by atoms with Gasteiger partial charge in [-0.2, -0.15) is 0 Å². The van der Waals surface area contributed by atoms with Crippen LogP contribution in [0.2, 0.25) is 0 Å². The number of rotatable bonds is 52. The Labute approximate surface area is 466 Å². The third kappa shape index (κ3) is 54.9. The topological polar surface area (TPSA) is 111 Å². The molecule has 1 amide bonds. The molecule has 432 valence electrons. The summed E-state index contributed by atoms with van der Waals surface area (Å²) in [6.45, 7) is 6.76. The number of nitrogens with one attached hydrogen (secondary N) is 1. The van der Waals surface area contributed by atoms with Crippen molar-refractivity contribution in [1.29, 1.82) is 0 Å². The Morgan fingerprint density at radius 2 is 0.895 bits per heavy atom. The van der Waals surface area contributed by atoms with Gasteiger partial charge < -0.3 is 19.4 Å². The first-order chi connectivity index (χ1) is 36.9. The zero-order valence-corrected chi connectivity index (χ0v) is 50.1. The number of ether oxygens (including phenoxy) is 1. The predicted octanol–water partition coefficient (Wildman–Crippen LogP) is 18.5. The van der Waals surface area contributed by atoms with E-state index in [-0.39, 0.29) is 31.5 Å². The number of hydrogen-bond acceptors (Lipinski definition) is 6. The summed E-state index contributed by atoms with van der Waals surface area (Å²) in [7, 11) is 1.43. The number of quaternary nitrogens is 1. The molecular formula is C66H112N2O7P+. The lowest BCUT2D eigenvalue weighted by molar-refractivity contribution is -0.870. The highest BCUT2D eigenvalue weighted by atomic mass is 31.2. The summed E-state index contributed by atoms with van der Waals surface area (Å²) in [5.74, 6) is -0.589. The number of nitrogens with zero attached hydrogens (tertiary/aromatic N) is 1. The first kappa shape index (κ1) is 72.2. The van der Waals surface area contributed by atoms with E-state index in [0.29, 0.717) is 30.3 Å². The molecule has 0 aliphatic rings. The first-order valence-electron chi connectivity index (χ1n) is 30.1. The van der Waals surface area contributed by atoms with Crippen LogP contribution in [-0.2, 0) is 27.9 Å². The van der Waals surface area contributed by atoms with Gasteiger partial charge in [0.1, 0.15) is 19.3 Å². The van der Waals surface area contributed by atoms with Crippen molar-refractivity contribution in [1.82, 2.24) is 5.32 Å². The zero-order chi connectivity index (χ0) is 55.7. The second-order valence-electron chi connectivity index (χ2n) is 20.9. The molecule has 0 aromatic rings. The second-order valence-corrected chi connectivity index (χ2v) is 22.4. The van der Waals surface area contributed by atoms with Crippen molar-refractivity contribution in [3.8, 4) is 0 Å². The summed E-state index contributed by atoms with van der Waals surface area (Å²) in [6.07, 6.45) is 77.3. The van der Waals surface area contributed by atoms with Crippen molar-refractivity contribution in [3.63, 3.8) is 0 Å². The van der Waals surface area contributed by atoms with Crippen LogP contribution in [0.25, 0.3) is 0 Å². The van der Waals surface area contributed by atoms with E-state index in [0.717, 1.165) is 96.3 Å². The van der Waals surface area contributed by atoms with Crippen LogP contribution < -0.4 is 5.32 Å². The standard InChI is InChI=1S/C66H111N2O7P/c1-7-10-13-16-19-22-25-28-30-32-33-34-35-37-38-40-43-46-49-52-55-58-65(69)67-63(62-74-76(71,72)73-61-60-68(4,5)6)64(57-54-51-48-45-42-27-24-21-18-15-12-9-3)75-66(70)59-56-53-50-47-44-41-39-36-31-29-26-23-20-17-14-11-8-2/h11,14,17,19-20,22-23,26,28-31,33-34,36-39,41,44,54,57,63-64H,7-10,12-13,15-16,18,21,24-25,27,32,35,40,42-43,45-53,55-56,58-62H2,1-6H3,(H-,67,69,71,72)/p+1/b14-11-,20-17+,22-19-,26-23+,30-28-,31-29-,34-33-,38-37-,39-36+,44-41+,57-54-. The van der Waals surface area contributed by atoms with Gasteiger partial charge in [0, 0.05) is 12.8 Å². The van der Waals surface area contributed by atoms with Crippen molar-refractivity contribution >= 4 is 19.7 Å². The summed E-state index contributed by atoms with van der Waals surface area (Å²) >= 11 is 0. The Hall–Kier alpha value is -3.85. The molecule has 3 atom stereocenters. The molecule has 3 unspecified atom stereocenters.